The maximum atomic E-state index is 12.5. The number of halogens is 1. The van der Waals surface area contributed by atoms with Crippen molar-refractivity contribution in [2.24, 2.45) is 11.7 Å². The van der Waals surface area contributed by atoms with E-state index in [1.165, 1.54) is 0 Å². The molecule has 2 N–H and O–H groups in total. The van der Waals surface area contributed by atoms with Gasteiger partial charge in [0.2, 0.25) is 5.91 Å². The van der Waals surface area contributed by atoms with E-state index in [0.717, 1.165) is 11.1 Å². The molecule has 0 saturated carbocycles. The minimum Gasteiger partial charge on any atom is -0.320 e. The van der Waals surface area contributed by atoms with Gasteiger partial charge in [-0.3, -0.25) is 4.79 Å². The molecule has 2 unspecified atom stereocenters. The largest absolute Gasteiger partial charge is 0.320 e. The summed E-state index contributed by atoms with van der Waals surface area (Å²) in [4.78, 5) is 14.2. The average Bonchev–Trinajstić information content (AvgIpc) is 2.99. The molecule has 0 saturated heterocycles. The molecule has 3 rings (SSSR count). The van der Waals surface area contributed by atoms with Gasteiger partial charge in [-0.1, -0.05) is 42.0 Å². The first-order valence-electron chi connectivity index (χ1n) is 7.39. The van der Waals surface area contributed by atoms with Crippen LogP contribution in [0.25, 0.3) is 0 Å². The van der Waals surface area contributed by atoms with Crippen molar-refractivity contribution < 1.29 is 4.79 Å². The van der Waals surface area contributed by atoms with E-state index < -0.39 is 6.04 Å². The Balaban J connectivity index is 1.69. The van der Waals surface area contributed by atoms with Crippen molar-refractivity contribution in [3.63, 3.8) is 0 Å². The lowest BCUT2D eigenvalue weighted by Gasteiger charge is -2.20. The number of carbonyl (C=O) groups excluding carboxylic acids is 1. The molecule has 1 aromatic carbocycles. The Hall–Kier alpha value is -2.35. The van der Waals surface area contributed by atoms with Crippen LogP contribution in [0, 0.1) is 17.2 Å². The lowest BCUT2D eigenvalue weighted by Crippen LogP contribution is -2.42. The van der Waals surface area contributed by atoms with E-state index in [2.05, 4.69) is 6.08 Å². The predicted octanol–water partition coefficient (Wildman–Crippen LogP) is 2.55. The van der Waals surface area contributed by atoms with Crippen LogP contribution in [0.4, 0.5) is 0 Å². The van der Waals surface area contributed by atoms with Crippen LogP contribution in [-0.2, 0) is 11.2 Å². The highest BCUT2D eigenvalue weighted by Gasteiger charge is 2.29. The van der Waals surface area contributed by atoms with Gasteiger partial charge in [0.1, 0.15) is 0 Å². The molecule has 0 spiro atoms. The number of hydrogen-bond donors (Lipinski definition) is 1. The van der Waals surface area contributed by atoms with Gasteiger partial charge in [0.25, 0.3) is 0 Å². The monoisotopic (exact) mass is 325 g/mol. The number of hydrogen-bond acceptors (Lipinski definition) is 3. The Morgan fingerprint density at radius 3 is 3.00 bits per heavy atom. The molecule has 2 aliphatic rings. The van der Waals surface area contributed by atoms with Gasteiger partial charge in [0.15, 0.2) is 0 Å². The van der Waals surface area contributed by atoms with E-state index in [1.54, 1.807) is 23.1 Å². The highest BCUT2D eigenvalue weighted by atomic mass is 35.5. The van der Waals surface area contributed by atoms with Gasteiger partial charge >= 0.3 is 0 Å². The van der Waals surface area contributed by atoms with Crippen LogP contribution in [0.15, 0.2) is 54.3 Å². The third-order valence-corrected chi connectivity index (χ3v) is 4.44. The van der Waals surface area contributed by atoms with Crippen LogP contribution in [0.1, 0.15) is 11.1 Å². The maximum Gasteiger partial charge on any atom is 0.243 e. The summed E-state index contributed by atoms with van der Waals surface area (Å²) in [5, 5.41) is 9.32. The van der Waals surface area contributed by atoms with Crippen LogP contribution in [-0.4, -0.2) is 23.4 Å². The molecule has 0 bridgehead atoms. The maximum absolute atomic E-state index is 12.5. The smallest absolute Gasteiger partial charge is 0.243 e. The van der Waals surface area contributed by atoms with Crippen molar-refractivity contribution in [2.45, 2.75) is 12.5 Å². The Labute approximate surface area is 140 Å². The molecule has 5 heteroatoms. The van der Waals surface area contributed by atoms with Gasteiger partial charge in [-0.05, 0) is 29.7 Å². The van der Waals surface area contributed by atoms with E-state index in [0.29, 0.717) is 23.6 Å². The Kier molecular flexibility index (Phi) is 4.33. The third kappa shape index (κ3) is 3.21. The van der Waals surface area contributed by atoms with E-state index in [-0.39, 0.29) is 11.8 Å². The van der Waals surface area contributed by atoms with Crippen LogP contribution in [0.2, 0.25) is 5.02 Å². The summed E-state index contributed by atoms with van der Waals surface area (Å²) < 4.78 is 0. The number of carbonyl (C=O) groups is 1. The van der Waals surface area contributed by atoms with Gasteiger partial charge in [-0.2, -0.15) is 5.26 Å². The number of amides is 1. The molecule has 2 atom stereocenters. The SMILES string of the molecule is N#Cc1ccc(CC(N)C(=O)N2C=C3C=CC=CC3C2)c(Cl)c1. The first-order valence-corrected chi connectivity index (χ1v) is 7.77. The number of fused-ring (bicyclic) bond motifs is 1. The summed E-state index contributed by atoms with van der Waals surface area (Å²) in [6.45, 7) is 0.629. The highest BCUT2D eigenvalue weighted by molar-refractivity contribution is 6.31. The minimum absolute atomic E-state index is 0.117. The van der Waals surface area contributed by atoms with E-state index in [1.807, 2.05) is 30.5 Å². The van der Waals surface area contributed by atoms with Crippen molar-refractivity contribution in [2.75, 3.05) is 6.54 Å². The lowest BCUT2D eigenvalue weighted by atomic mass is 9.98. The number of benzene rings is 1. The molecule has 4 nitrogen and oxygen atoms in total. The summed E-state index contributed by atoms with van der Waals surface area (Å²) in [5.74, 6) is 0.142. The van der Waals surface area contributed by atoms with Crippen LogP contribution >= 0.6 is 11.6 Å². The summed E-state index contributed by atoms with van der Waals surface area (Å²) in [6, 6.07) is 6.40. The molecule has 1 aromatic rings. The van der Waals surface area contributed by atoms with Crippen molar-refractivity contribution in [1.82, 2.24) is 4.90 Å². The summed E-state index contributed by atoms with van der Waals surface area (Å²) >= 11 is 6.15. The van der Waals surface area contributed by atoms with Gasteiger partial charge in [-0.25, -0.2) is 0 Å². The standard InChI is InChI=1S/C18H16ClN3O/c19-16-7-12(9-20)5-6-13(16)8-17(21)18(23)22-10-14-3-1-2-4-15(14)11-22/h1-7,10,15,17H,8,11,21H2. The molecule has 0 radical (unpaired) electrons. The zero-order valence-electron chi connectivity index (χ0n) is 12.4. The molecular weight excluding hydrogens is 310 g/mol. The minimum atomic E-state index is -0.662. The van der Waals surface area contributed by atoms with Crippen molar-refractivity contribution >= 4 is 17.5 Å². The highest BCUT2D eigenvalue weighted by Crippen LogP contribution is 2.27. The molecule has 1 aliphatic carbocycles. The molecule has 1 amide bonds. The van der Waals surface area contributed by atoms with Crippen molar-refractivity contribution in [3.8, 4) is 6.07 Å². The lowest BCUT2D eigenvalue weighted by molar-refractivity contribution is -0.129. The zero-order valence-corrected chi connectivity index (χ0v) is 13.2. The van der Waals surface area contributed by atoms with Crippen LogP contribution in [0.3, 0.4) is 0 Å². The molecule has 0 aromatic heterocycles. The molecule has 1 heterocycles. The topological polar surface area (TPSA) is 70.1 Å². The average molecular weight is 326 g/mol. The zero-order chi connectivity index (χ0) is 16.4. The Morgan fingerprint density at radius 2 is 2.30 bits per heavy atom. The van der Waals surface area contributed by atoms with Gasteiger partial charge in [-0.15, -0.1) is 0 Å². The number of rotatable bonds is 3. The Morgan fingerprint density at radius 1 is 1.48 bits per heavy atom. The predicted molar refractivity (Wildman–Crippen MR) is 89.4 cm³/mol. The fraction of sp³-hybridized carbons (Fsp3) is 0.222. The van der Waals surface area contributed by atoms with Crippen molar-refractivity contribution in [3.05, 3.63) is 70.4 Å². The quantitative estimate of drug-likeness (QED) is 0.928. The number of nitrogens with zero attached hydrogens (tertiary/aromatic N) is 2. The normalized spacial score (nSPS) is 20.0. The number of nitriles is 1. The fourth-order valence-electron chi connectivity index (χ4n) is 2.82. The third-order valence-electron chi connectivity index (χ3n) is 4.09. The fourth-order valence-corrected chi connectivity index (χ4v) is 3.08. The van der Waals surface area contributed by atoms with E-state index >= 15 is 0 Å². The van der Waals surface area contributed by atoms with Gasteiger partial charge < -0.3 is 10.6 Å². The molecule has 1 aliphatic heterocycles. The second-order valence-electron chi connectivity index (χ2n) is 5.70. The molecular formula is C18H16ClN3O. The summed E-state index contributed by atoms with van der Waals surface area (Å²) in [6.07, 6.45) is 10.3. The van der Waals surface area contributed by atoms with Crippen LogP contribution in [0.5, 0.6) is 0 Å². The van der Waals surface area contributed by atoms with E-state index in [4.69, 9.17) is 22.6 Å². The number of allylic oxidation sites excluding steroid dienone is 3. The number of nitrogens with two attached hydrogens (primary N) is 1. The second-order valence-corrected chi connectivity index (χ2v) is 6.11. The first kappa shape index (κ1) is 15.5. The summed E-state index contributed by atoms with van der Waals surface area (Å²) in [5.41, 5.74) is 8.47. The molecule has 116 valence electrons. The first-order chi connectivity index (χ1) is 11.1. The summed E-state index contributed by atoms with van der Waals surface area (Å²) in [7, 11) is 0. The van der Waals surface area contributed by atoms with Crippen molar-refractivity contribution in [1.29, 1.82) is 5.26 Å². The van der Waals surface area contributed by atoms with E-state index in [9.17, 15) is 4.79 Å². The molecule has 0 fully saturated rings. The Bertz CT molecular complexity index is 773. The van der Waals surface area contributed by atoms with Crippen LogP contribution < -0.4 is 5.73 Å². The molecule has 23 heavy (non-hydrogen) atoms. The van der Waals surface area contributed by atoms with Gasteiger partial charge in [0, 0.05) is 23.7 Å². The second kappa shape index (κ2) is 6.41. The van der Waals surface area contributed by atoms with Gasteiger partial charge in [0.05, 0.1) is 17.7 Å².